The molecule has 0 radical (unpaired) electrons. The molecule has 0 bridgehead atoms. The van der Waals surface area contributed by atoms with Gasteiger partial charge in [-0.2, -0.15) is 5.26 Å². The monoisotopic (exact) mass is 677 g/mol. The lowest BCUT2D eigenvalue weighted by Gasteiger charge is -2.38. The van der Waals surface area contributed by atoms with Crippen LogP contribution < -0.4 is 5.32 Å². The Morgan fingerprint density at radius 1 is 1.17 bits per heavy atom. The van der Waals surface area contributed by atoms with Crippen LogP contribution in [0.15, 0.2) is 111 Å². The van der Waals surface area contributed by atoms with E-state index in [0.717, 1.165) is 43.5 Å². The molecule has 4 unspecified atom stereocenters. The number of aliphatic carboxylic acids is 1. The van der Waals surface area contributed by atoms with Crippen LogP contribution in [-0.2, 0) is 9.59 Å². The zero-order chi connectivity index (χ0) is 33.8. The van der Waals surface area contributed by atoms with E-state index in [2.05, 4.69) is 49.1 Å². The number of hydrogen-bond donors (Lipinski definition) is 3. The summed E-state index contributed by atoms with van der Waals surface area (Å²) in [6.07, 6.45) is 28.1. The minimum Gasteiger partial charge on any atom is -0.477 e. The molecule has 1 amide bonds. The number of allylic oxidation sites excluding steroid dienone is 10. The average Bonchev–Trinajstić information content (AvgIpc) is 3.75. The number of likely N-dealkylation sites (tertiary alicyclic amines) is 1. The number of primary amides is 1. The molecule has 0 saturated carbocycles. The van der Waals surface area contributed by atoms with Gasteiger partial charge in [-0.25, -0.2) is 9.59 Å². The molecule has 4 N–H and O–H groups in total. The van der Waals surface area contributed by atoms with Crippen molar-refractivity contribution < 1.29 is 20.0 Å². The second kappa shape index (κ2) is 14.9. The standard InChI is InChI=1S/C39H40N4O3S2/c1-24-17-25(2)19-30(18-24)43-16-6-7-26-20-27(10-13-34(26)43)35-14-11-32(47-35)22-33(38(44)42-29-8-4-3-5-9-29)37(41)36-15-12-31(48-36)21-28(23-40)39(45)46/h3-5,8,11,13-15,18-22,24,27,29,31,41H,6-7,9-10,12,16-17H2,1-2H3,(H,42,44)(H,45,46)/p+1. The highest BCUT2D eigenvalue weighted by molar-refractivity contribution is 8.05. The molecular weight excluding hydrogens is 637 g/mol. The Kier molecular flexibility index (Phi) is 10.4. The van der Waals surface area contributed by atoms with Gasteiger partial charge in [-0.15, -0.1) is 23.1 Å². The minimum atomic E-state index is -1.26. The van der Waals surface area contributed by atoms with E-state index >= 15 is 0 Å². The van der Waals surface area contributed by atoms with E-state index in [-0.39, 0.29) is 34.4 Å². The molecule has 4 atom stereocenters. The number of nitrogens with two attached hydrogens (primary N) is 1. The number of thioether (sulfide) groups is 1. The Morgan fingerprint density at radius 2 is 2.02 bits per heavy atom. The topological polar surface area (TPSA) is 122 Å². The summed E-state index contributed by atoms with van der Waals surface area (Å²) >= 11 is 2.99. The number of piperidine rings is 1. The largest absolute Gasteiger partial charge is 0.477 e. The highest BCUT2D eigenvalue weighted by atomic mass is 32.2. The summed E-state index contributed by atoms with van der Waals surface area (Å²) in [7, 11) is 0. The van der Waals surface area contributed by atoms with Gasteiger partial charge in [-0.1, -0.05) is 55.0 Å². The van der Waals surface area contributed by atoms with Crippen molar-refractivity contribution >= 4 is 46.8 Å². The van der Waals surface area contributed by atoms with Gasteiger partial charge >= 0.3 is 11.9 Å². The van der Waals surface area contributed by atoms with E-state index in [1.807, 2.05) is 42.5 Å². The molecule has 5 aliphatic rings. The molecule has 0 aromatic carbocycles. The van der Waals surface area contributed by atoms with Gasteiger partial charge in [-0.05, 0) is 87.0 Å². The number of carboxylic acids is 1. The van der Waals surface area contributed by atoms with E-state index in [1.165, 1.54) is 45.3 Å². The Bertz CT molecular complexity index is 1840. The third-order valence-corrected chi connectivity index (χ3v) is 11.6. The maximum absolute atomic E-state index is 13.8. The van der Waals surface area contributed by atoms with Crippen molar-refractivity contribution in [3.05, 3.63) is 121 Å². The molecular formula is C39H41N4O3S2+. The summed E-state index contributed by atoms with van der Waals surface area (Å²) in [6, 6.07) is 5.89. The quantitative estimate of drug-likeness (QED) is 0.143. The molecule has 9 heteroatoms. The summed E-state index contributed by atoms with van der Waals surface area (Å²) < 4.78 is 0. The van der Waals surface area contributed by atoms with E-state index in [1.54, 1.807) is 22.7 Å². The van der Waals surface area contributed by atoms with Crippen molar-refractivity contribution in [2.45, 2.75) is 69.6 Å². The summed E-state index contributed by atoms with van der Waals surface area (Å²) in [5.41, 5.74) is 5.65. The van der Waals surface area contributed by atoms with Crippen molar-refractivity contribution in [3.8, 4) is 6.07 Å². The second-order valence-electron chi connectivity index (χ2n) is 13.0. The fourth-order valence-corrected chi connectivity index (χ4v) is 9.12. The van der Waals surface area contributed by atoms with Crippen LogP contribution in [-0.4, -0.2) is 45.4 Å². The van der Waals surface area contributed by atoms with Crippen LogP contribution in [0.5, 0.6) is 0 Å². The van der Waals surface area contributed by atoms with Gasteiger partial charge in [0.2, 0.25) is 0 Å². The fraction of sp³-hybridized carbons (Fsp3) is 0.333. The molecule has 1 aromatic rings. The maximum Gasteiger partial charge on any atom is 0.346 e. The molecule has 48 heavy (non-hydrogen) atoms. The van der Waals surface area contributed by atoms with Gasteiger partial charge in [0.25, 0.3) is 0 Å². The first-order chi connectivity index (χ1) is 23.2. The lowest BCUT2D eigenvalue weighted by molar-refractivity contribution is -0.590. The van der Waals surface area contributed by atoms with Gasteiger partial charge in [0.1, 0.15) is 23.3 Å². The predicted molar refractivity (Wildman–Crippen MR) is 194 cm³/mol. The first kappa shape index (κ1) is 33.7. The average molecular weight is 678 g/mol. The smallest absolute Gasteiger partial charge is 0.346 e. The summed E-state index contributed by atoms with van der Waals surface area (Å²) in [6.45, 7) is 5.56. The van der Waals surface area contributed by atoms with Crippen molar-refractivity contribution in [1.29, 1.82) is 10.7 Å². The van der Waals surface area contributed by atoms with Crippen LogP contribution in [0, 0.1) is 22.7 Å². The SMILES string of the molecule is CC1=CC(N2CCCC3=CC(c4ccc(C=C(C(=N)C5=CCC(C=C(C#N)C(=O)O)S5)C(=O)[NH2+]C5C=CC=CC5)s4)CC=C32)=CC(C)C1. The number of thiophene rings is 1. The molecule has 6 rings (SSSR count). The maximum atomic E-state index is 13.8. The van der Waals surface area contributed by atoms with Crippen molar-refractivity contribution in [3.63, 3.8) is 0 Å². The van der Waals surface area contributed by atoms with Crippen LogP contribution in [0.4, 0.5) is 0 Å². The van der Waals surface area contributed by atoms with Gasteiger partial charge < -0.3 is 10.0 Å². The van der Waals surface area contributed by atoms with Crippen LogP contribution in [0.3, 0.4) is 0 Å². The normalized spacial score (nSPS) is 25.7. The van der Waals surface area contributed by atoms with E-state index in [9.17, 15) is 20.0 Å². The van der Waals surface area contributed by atoms with E-state index in [0.29, 0.717) is 22.8 Å². The number of fused-ring (bicyclic) bond motifs is 1. The molecule has 2 aliphatic heterocycles. The fourth-order valence-electron chi connectivity index (χ4n) is 6.94. The third-order valence-electron chi connectivity index (χ3n) is 9.20. The number of nitrogens with one attached hydrogen (secondary N) is 1. The molecule has 1 saturated heterocycles. The first-order valence-electron chi connectivity index (χ1n) is 16.6. The highest BCUT2D eigenvalue weighted by Gasteiger charge is 2.30. The van der Waals surface area contributed by atoms with Crippen LogP contribution in [0.1, 0.15) is 68.0 Å². The number of nitrogens with zero attached hydrogens (tertiary/aromatic N) is 2. The van der Waals surface area contributed by atoms with Crippen molar-refractivity contribution in [2.75, 3.05) is 6.54 Å². The zero-order valence-corrected chi connectivity index (χ0v) is 28.9. The molecule has 1 fully saturated rings. The lowest BCUT2D eigenvalue weighted by atomic mass is 9.86. The van der Waals surface area contributed by atoms with Crippen LogP contribution >= 0.6 is 23.1 Å². The lowest BCUT2D eigenvalue weighted by Crippen LogP contribution is -2.93. The van der Waals surface area contributed by atoms with Gasteiger partial charge in [-0.3, -0.25) is 10.7 Å². The number of rotatable bonds is 9. The Labute approximate surface area is 290 Å². The minimum absolute atomic E-state index is 0.0378. The summed E-state index contributed by atoms with van der Waals surface area (Å²) in [5, 5.41) is 29.0. The number of carboxylic acid groups (broad SMARTS) is 1. The van der Waals surface area contributed by atoms with Crippen LogP contribution in [0.2, 0.25) is 0 Å². The molecule has 246 valence electrons. The number of carbonyl (C=O) groups is 2. The molecule has 1 aromatic heterocycles. The van der Waals surface area contributed by atoms with Crippen LogP contribution in [0.25, 0.3) is 6.08 Å². The summed E-state index contributed by atoms with van der Waals surface area (Å²) in [5.74, 6) is -0.648. The number of amides is 1. The number of carbonyl (C=O) groups excluding carboxylic acids is 1. The number of nitriles is 1. The third kappa shape index (κ3) is 7.73. The van der Waals surface area contributed by atoms with Crippen molar-refractivity contribution in [1.82, 2.24) is 4.90 Å². The van der Waals surface area contributed by atoms with Gasteiger partial charge in [0.05, 0.1) is 5.71 Å². The van der Waals surface area contributed by atoms with Crippen molar-refractivity contribution in [2.24, 2.45) is 5.92 Å². The zero-order valence-electron chi connectivity index (χ0n) is 27.3. The highest BCUT2D eigenvalue weighted by Crippen LogP contribution is 2.42. The molecule has 0 spiro atoms. The van der Waals surface area contributed by atoms with Gasteiger partial charge in [0.15, 0.2) is 0 Å². The number of hydrogen-bond acceptors (Lipinski definition) is 7. The van der Waals surface area contributed by atoms with E-state index in [4.69, 9.17) is 5.41 Å². The number of quaternary nitrogens is 1. The first-order valence-corrected chi connectivity index (χ1v) is 18.3. The second-order valence-corrected chi connectivity index (χ2v) is 15.4. The predicted octanol–water partition coefficient (Wildman–Crippen LogP) is 7.31. The summed E-state index contributed by atoms with van der Waals surface area (Å²) in [4.78, 5) is 30.4. The molecule has 7 nitrogen and oxygen atoms in total. The Morgan fingerprint density at radius 3 is 2.77 bits per heavy atom. The Balaban J connectivity index is 1.22. The Hall–Kier alpha value is -4.23. The molecule has 3 aliphatic carbocycles. The van der Waals surface area contributed by atoms with Gasteiger partial charge in [0, 0.05) is 50.2 Å². The van der Waals surface area contributed by atoms with E-state index < -0.39 is 5.97 Å². The molecule has 3 heterocycles.